The third-order valence-electron chi connectivity index (χ3n) is 6.48. The number of carbonyl (C=O) groups is 2. The fraction of sp³-hybridized carbons (Fsp3) is 0.310. The lowest BCUT2D eigenvalue weighted by atomic mass is 9.95. The van der Waals surface area contributed by atoms with Gasteiger partial charge in [-0.2, -0.15) is 0 Å². The maximum Gasteiger partial charge on any atom is 0.290 e. The number of ketones is 1. The van der Waals surface area contributed by atoms with Crippen LogP contribution in [-0.2, 0) is 11.4 Å². The molecule has 2 heterocycles. The molecule has 4 rings (SSSR count). The van der Waals surface area contributed by atoms with Gasteiger partial charge >= 0.3 is 0 Å². The molecule has 0 saturated heterocycles. The molecular formula is C29H32N2O5. The molecule has 1 unspecified atom stereocenters. The van der Waals surface area contributed by atoms with E-state index in [-0.39, 0.29) is 11.3 Å². The maximum absolute atomic E-state index is 13.3. The zero-order chi connectivity index (χ0) is 25.5. The average Bonchev–Trinajstić information content (AvgIpc) is 3.54. The average molecular weight is 489 g/mol. The topological polar surface area (TPSA) is 83.2 Å². The zero-order valence-corrected chi connectivity index (χ0v) is 20.7. The fourth-order valence-electron chi connectivity index (χ4n) is 4.52. The molecule has 1 atom stereocenters. The van der Waals surface area contributed by atoms with Crippen molar-refractivity contribution >= 4 is 11.7 Å². The number of ether oxygens (including phenoxy) is 1. The minimum atomic E-state index is -0.743. The van der Waals surface area contributed by atoms with E-state index in [4.69, 9.17) is 9.15 Å². The molecule has 7 heteroatoms. The van der Waals surface area contributed by atoms with Gasteiger partial charge < -0.3 is 24.1 Å². The van der Waals surface area contributed by atoms with Gasteiger partial charge in [0.25, 0.3) is 5.91 Å². The van der Waals surface area contributed by atoms with E-state index in [9.17, 15) is 14.7 Å². The molecule has 3 aromatic rings. The monoisotopic (exact) mass is 488 g/mol. The Bertz CT molecular complexity index is 1200. The van der Waals surface area contributed by atoms with Gasteiger partial charge in [0, 0.05) is 6.54 Å². The second-order valence-electron chi connectivity index (χ2n) is 8.70. The quantitative estimate of drug-likeness (QED) is 0.354. The lowest BCUT2D eigenvalue weighted by Crippen LogP contribution is -2.34. The minimum absolute atomic E-state index is 0.0259. The molecule has 1 aliphatic rings. The highest BCUT2D eigenvalue weighted by Gasteiger charge is 2.44. The van der Waals surface area contributed by atoms with Crippen molar-refractivity contribution in [2.24, 2.45) is 0 Å². The SMILES string of the molecule is CCN(CC)CCCN1C(=O)C(O)=C(C(=O)c2ccco2)C1c1cccc(OCc2ccccc2)c1. The van der Waals surface area contributed by atoms with E-state index in [0.29, 0.717) is 30.9 Å². The summed E-state index contributed by atoms with van der Waals surface area (Å²) in [7, 11) is 0. The molecule has 188 valence electrons. The number of benzene rings is 2. The largest absolute Gasteiger partial charge is 0.503 e. The summed E-state index contributed by atoms with van der Waals surface area (Å²) in [4.78, 5) is 30.4. The van der Waals surface area contributed by atoms with Crippen molar-refractivity contribution in [1.29, 1.82) is 0 Å². The Morgan fingerprint density at radius 2 is 1.83 bits per heavy atom. The Balaban J connectivity index is 1.63. The Labute approximate surface area is 211 Å². The molecule has 0 spiro atoms. The Morgan fingerprint density at radius 1 is 1.06 bits per heavy atom. The Hall–Kier alpha value is -3.84. The molecule has 1 N–H and O–H groups in total. The van der Waals surface area contributed by atoms with Gasteiger partial charge in [-0.1, -0.05) is 56.3 Å². The second-order valence-corrected chi connectivity index (χ2v) is 8.70. The molecule has 1 aliphatic heterocycles. The van der Waals surface area contributed by atoms with Crippen molar-refractivity contribution in [3.05, 3.63) is 101 Å². The normalized spacial score (nSPS) is 15.7. The number of rotatable bonds is 12. The number of Topliss-reactive ketones (excluding diaryl/α,β-unsaturated/α-hetero) is 1. The number of carbonyl (C=O) groups excluding carboxylic acids is 2. The summed E-state index contributed by atoms with van der Waals surface area (Å²) in [6.07, 6.45) is 2.11. The first-order valence-electron chi connectivity index (χ1n) is 12.3. The zero-order valence-electron chi connectivity index (χ0n) is 20.7. The number of hydrogen-bond acceptors (Lipinski definition) is 6. The van der Waals surface area contributed by atoms with Gasteiger partial charge in [-0.25, -0.2) is 0 Å². The van der Waals surface area contributed by atoms with Crippen LogP contribution in [0.1, 0.15) is 48.0 Å². The first-order valence-corrected chi connectivity index (χ1v) is 12.3. The molecular weight excluding hydrogens is 456 g/mol. The summed E-state index contributed by atoms with van der Waals surface area (Å²) >= 11 is 0. The molecule has 1 aromatic heterocycles. The van der Waals surface area contributed by atoms with Crippen LogP contribution < -0.4 is 4.74 Å². The van der Waals surface area contributed by atoms with E-state index < -0.39 is 23.5 Å². The smallest absolute Gasteiger partial charge is 0.290 e. The van der Waals surface area contributed by atoms with E-state index in [1.54, 1.807) is 11.0 Å². The number of amides is 1. The predicted molar refractivity (Wildman–Crippen MR) is 137 cm³/mol. The minimum Gasteiger partial charge on any atom is -0.503 e. The van der Waals surface area contributed by atoms with E-state index in [2.05, 4.69) is 18.7 Å². The van der Waals surface area contributed by atoms with Gasteiger partial charge in [0.15, 0.2) is 11.5 Å². The highest BCUT2D eigenvalue weighted by Crippen LogP contribution is 2.40. The van der Waals surface area contributed by atoms with E-state index in [0.717, 1.165) is 25.2 Å². The van der Waals surface area contributed by atoms with Crippen LogP contribution in [0.3, 0.4) is 0 Å². The molecule has 7 nitrogen and oxygen atoms in total. The van der Waals surface area contributed by atoms with Gasteiger partial charge in [-0.05, 0) is 61.4 Å². The summed E-state index contributed by atoms with van der Waals surface area (Å²) in [5.74, 6) is -0.887. The number of hydrogen-bond donors (Lipinski definition) is 1. The van der Waals surface area contributed by atoms with Crippen molar-refractivity contribution < 1.29 is 23.8 Å². The van der Waals surface area contributed by atoms with Gasteiger partial charge in [-0.15, -0.1) is 0 Å². The third-order valence-corrected chi connectivity index (χ3v) is 6.48. The highest BCUT2D eigenvalue weighted by atomic mass is 16.5. The Morgan fingerprint density at radius 3 is 2.53 bits per heavy atom. The van der Waals surface area contributed by atoms with Gasteiger partial charge in [-0.3, -0.25) is 9.59 Å². The van der Waals surface area contributed by atoms with Crippen LogP contribution in [-0.4, -0.2) is 52.8 Å². The van der Waals surface area contributed by atoms with Crippen LogP contribution in [0.4, 0.5) is 0 Å². The lowest BCUT2D eigenvalue weighted by molar-refractivity contribution is -0.129. The van der Waals surface area contributed by atoms with E-state index >= 15 is 0 Å². The first kappa shape index (κ1) is 25.3. The molecule has 0 fully saturated rings. The highest BCUT2D eigenvalue weighted by molar-refractivity contribution is 6.15. The summed E-state index contributed by atoms with van der Waals surface area (Å²) in [6, 6.07) is 19.6. The van der Waals surface area contributed by atoms with Crippen molar-refractivity contribution in [3.63, 3.8) is 0 Å². The maximum atomic E-state index is 13.3. The third kappa shape index (κ3) is 5.52. The van der Waals surface area contributed by atoms with Gasteiger partial charge in [0.05, 0.1) is 17.9 Å². The number of aliphatic hydroxyl groups is 1. The number of nitrogens with zero attached hydrogens (tertiary/aromatic N) is 2. The lowest BCUT2D eigenvalue weighted by Gasteiger charge is -2.28. The van der Waals surface area contributed by atoms with Crippen LogP contribution in [0.2, 0.25) is 0 Å². The molecule has 0 radical (unpaired) electrons. The molecule has 2 aromatic carbocycles. The van der Waals surface area contributed by atoms with E-state index in [1.165, 1.54) is 12.3 Å². The molecule has 36 heavy (non-hydrogen) atoms. The van der Waals surface area contributed by atoms with Gasteiger partial charge in [0.1, 0.15) is 12.4 Å². The number of aliphatic hydroxyl groups excluding tert-OH is 1. The van der Waals surface area contributed by atoms with Crippen LogP contribution >= 0.6 is 0 Å². The first-order chi connectivity index (χ1) is 17.5. The van der Waals surface area contributed by atoms with E-state index in [1.807, 2.05) is 54.6 Å². The Kier molecular flexibility index (Phi) is 8.23. The van der Waals surface area contributed by atoms with Crippen LogP contribution in [0.15, 0.2) is 88.7 Å². The summed E-state index contributed by atoms with van der Waals surface area (Å²) in [6.45, 7) is 7.63. The second kappa shape index (κ2) is 11.7. The molecule has 1 amide bonds. The van der Waals surface area contributed by atoms with Gasteiger partial charge in [0.2, 0.25) is 5.78 Å². The van der Waals surface area contributed by atoms with Crippen molar-refractivity contribution in [1.82, 2.24) is 9.80 Å². The van der Waals surface area contributed by atoms with Crippen LogP contribution in [0.5, 0.6) is 5.75 Å². The summed E-state index contributed by atoms with van der Waals surface area (Å²) < 4.78 is 11.3. The van der Waals surface area contributed by atoms with Crippen LogP contribution in [0, 0.1) is 0 Å². The number of furan rings is 1. The van der Waals surface area contributed by atoms with Crippen LogP contribution in [0.25, 0.3) is 0 Å². The molecule has 0 saturated carbocycles. The predicted octanol–water partition coefficient (Wildman–Crippen LogP) is 5.17. The standard InChI is InChI=1S/C29H32N2O5/c1-3-30(4-2)16-10-17-31-26(25(28(33)29(31)34)27(32)24-15-9-18-35-24)22-13-8-14-23(19-22)36-20-21-11-6-5-7-12-21/h5-9,11-15,18-19,26,33H,3-4,10,16-17,20H2,1-2H3. The summed E-state index contributed by atoms with van der Waals surface area (Å²) in [5.41, 5.74) is 1.75. The van der Waals surface area contributed by atoms with Crippen molar-refractivity contribution in [2.75, 3.05) is 26.2 Å². The molecule has 0 aliphatic carbocycles. The van der Waals surface area contributed by atoms with Crippen molar-refractivity contribution in [2.45, 2.75) is 32.9 Å². The fourth-order valence-corrected chi connectivity index (χ4v) is 4.52. The molecule has 0 bridgehead atoms. The van der Waals surface area contributed by atoms with Crippen molar-refractivity contribution in [3.8, 4) is 5.75 Å². The summed E-state index contributed by atoms with van der Waals surface area (Å²) in [5, 5.41) is 10.8.